The normalized spacial score (nSPS) is 14.4. The highest BCUT2D eigenvalue weighted by molar-refractivity contribution is 9.10. The monoisotopic (exact) mass is 509 g/mol. The smallest absolute Gasteiger partial charge is 0.0492 e. The predicted molar refractivity (Wildman–Crippen MR) is 131 cm³/mol. The van der Waals surface area contributed by atoms with Crippen molar-refractivity contribution in [1.82, 2.24) is 14.8 Å². The third-order valence-corrected chi connectivity index (χ3v) is 5.84. The van der Waals surface area contributed by atoms with E-state index in [4.69, 9.17) is 0 Å². The minimum Gasteiger partial charge on any atom is -0.340 e. The topological polar surface area (TPSA) is 20.2 Å². The molecule has 1 saturated heterocycles. The highest BCUT2D eigenvalue weighted by atomic mass is 79.9. The van der Waals surface area contributed by atoms with Crippen molar-refractivity contribution < 1.29 is 0 Å². The van der Waals surface area contributed by atoms with Crippen molar-refractivity contribution in [2.24, 2.45) is 0 Å². The Kier molecular flexibility index (Phi) is 10.00. The van der Waals surface area contributed by atoms with E-state index in [1.807, 2.05) is 27.7 Å². The van der Waals surface area contributed by atoms with Gasteiger partial charge in [0.25, 0.3) is 0 Å². The molecule has 0 unspecified atom stereocenters. The maximum Gasteiger partial charge on any atom is 0.0492 e. The largest absolute Gasteiger partial charge is 0.340 e. The standard InChI is InChI=1S/C19H21Br2N3.2C2H6/c20-14-2-4-18-16(12-14)17-13-15(21)3-5-19(17)24(18)9-1-8-23-10-6-22-7-11-23;2*1-2/h2-5,12-13,22H,1,6-11H2;2*1-2H3. The zero-order valence-corrected chi connectivity index (χ0v) is 20.7. The number of benzene rings is 2. The Morgan fingerprint density at radius 1 is 0.786 bits per heavy atom. The molecule has 0 atom stereocenters. The van der Waals surface area contributed by atoms with E-state index < -0.39 is 0 Å². The summed E-state index contributed by atoms with van der Waals surface area (Å²) in [6.07, 6.45) is 1.19. The number of nitrogens with one attached hydrogen (secondary N) is 1. The molecule has 0 bridgehead atoms. The van der Waals surface area contributed by atoms with E-state index in [9.17, 15) is 0 Å². The summed E-state index contributed by atoms with van der Waals surface area (Å²) in [6, 6.07) is 13.2. The lowest BCUT2D eigenvalue weighted by Crippen LogP contribution is -2.43. The molecule has 2 heterocycles. The second-order valence-electron chi connectivity index (χ2n) is 6.42. The molecule has 4 rings (SSSR count). The zero-order valence-electron chi connectivity index (χ0n) is 17.6. The molecule has 28 heavy (non-hydrogen) atoms. The summed E-state index contributed by atoms with van der Waals surface area (Å²) >= 11 is 7.23. The van der Waals surface area contributed by atoms with Crippen LogP contribution in [0.3, 0.4) is 0 Å². The number of hydrogen-bond acceptors (Lipinski definition) is 2. The third-order valence-electron chi connectivity index (χ3n) is 4.85. The van der Waals surface area contributed by atoms with Crippen molar-refractivity contribution in [2.75, 3.05) is 32.7 Å². The Bertz CT molecular complexity index is 808. The summed E-state index contributed by atoms with van der Waals surface area (Å²) < 4.78 is 4.75. The summed E-state index contributed by atoms with van der Waals surface area (Å²) in [4.78, 5) is 2.57. The Morgan fingerprint density at radius 3 is 1.79 bits per heavy atom. The van der Waals surface area contributed by atoms with Gasteiger partial charge in [-0.3, -0.25) is 0 Å². The first-order chi connectivity index (χ1) is 13.7. The molecule has 3 aromatic rings. The lowest BCUT2D eigenvalue weighted by atomic mass is 10.2. The molecule has 0 radical (unpaired) electrons. The average Bonchev–Trinajstić information content (AvgIpc) is 3.04. The summed E-state index contributed by atoms with van der Waals surface area (Å²) in [5.41, 5.74) is 2.65. The second-order valence-corrected chi connectivity index (χ2v) is 8.25. The molecule has 0 amide bonds. The van der Waals surface area contributed by atoms with E-state index in [-0.39, 0.29) is 0 Å². The molecule has 5 heteroatoms. The Hall–Kier alpha value is -0.880. The molecule has 1 N–H and O–H groups in total. The number of hydrogen-bond donors (Lipinski definition) is 1. The van der Waals surface area contributed by atoms with Gasteiger partial charge in [0.1, 0.15) is 0 Å². The van der Waals surface area contributed by atoms with Gasteiger partial charge in [0, 0.05) is 63.5 Å². The molecule has 0 saturated carbocycles. The van der Waals surface area contributed by atoms with Crippen LogP contribution in [0.4, 0.5) is 0 Å². The van der Waals surface area contributed by atoms with Crippen LogP contribution < -0.4 is 5.32 Å². The number of halogens is 2. The van der Waals surface area contributed by atoms with E-state index in [1.165, 1.54) is 47.9 Å². The molecule has 1 fully saturated rings. The van der Waals surface area contributed by atoms with Gasteiger partial charge in [-0.05, 0) is 49.4 Å². The lowest BCUT2D eigenvalue weighted by molar-refractivity contribution is 0.235. The van der Waals surface area contributed by atoms with Crippen molar-refractivity contribution in [3.63, 3.8) is 0 Å². The quantitative estimate of drug-likeness (QED) is 0.423. The van der Waals surface area contributed by atoms with Gasteiger partial charge >= 0.3 is 0 Å². The van der Waals surface area contributed by atoms with Crippen LogP contribution in [0.15, 0.2) is 45.3 Å². The Morgan fingerprint density at radius 2 is 1.29 bits per heavy atom. The van der Waals surface area contributed by atoms with Crippen LogP contribution in [-0.4, -0.2) is 42.2 Å². The molecule has 1 aliphatic rings. The van der Waals surface area contributed by atoms with E-state index >= 15 is 0 Å². The summed E-state index contributed by atoms with van der Waals surface area (Å²) in [5, 5.41) is 6.07. The second kappa shape index (κ2) is 12.0. The number of aromatic nitrogens is 1. The van der Waals surface area contributed by atoms with Gasteiger partial charge in [0.15, 0.2) is 0 Å². The highest BCUT2D eigenvalue weighted by Gasteiger charge is 2.13. The number of fused-ring (bicyclic) bond motifs is 3. The molecule has 0 aliphatic carbocycles. The van der Waals surface area contributed by atoms with Crippen molar-refractivity contribution in [3.05, 3.63) is 45.3 Å². The van der Waals surface area contributed by atoms with Gasteiger partial charge in [0.05, 0.1) is 0 Å². The first kappa shape index (κ1) is 23.4. The van der Waals surface area contributed by atoms with Gasteiger partial charge in [-0.25, -0.2) is 0 Å². The van der Waals surface area contributed by atoms with Crippen LogP contribution in [-0.2, 0) is 6.54 Å². The molecule has 2 aromatic carbocycles. The van der Waals surface area contributed by atoms with Crippen LogP contribution in [0.2, 0.25) is 0 Å². The maximum atomic E-state index is 3.62. The molecular weight excluding hydrogens is 478 g/mol. The Balaban J connectivity index is 0.000000660. The molecular formula is C23H33Br2N3. The van der Waals surface area contributed by atoms with Gasteiger partial charge < -0.3 is 14.8 Å². The summed E-state index contributed by atoms with van der Waals surface area (Å²) in [5.74, 6) is 0. The predicted octanol–water partition coefficient (Wildman–Crippen LogP) is 6.67. The maximum absolute atomic E-state index is 3.62. The van der Waals surface area contributed by atoms with Crippen LogP contribution in [0.5, 0.6) is 0 Å². The lowest BCUT2D eigenvalue weighted by Gasteiger charge is -2.27. The van der Waals surface area contributed by atoms with E-state index in [0.29, 0.717) is 0 Å². The fourth-order valence-electron chi connectivity index (χ4n) is 3.68. The van der Waals surface area contributed by atoms with Crippen LogP contribution >= 0.6 is 31.9 Å². The van der Waals surface area contributed by atoms with Crippen LogP contribution in [0.25, 0.3) is 21.8 Å². The molecule has 1 aromatic heterocycles. The fraction of sp³-hybridized carbons (Fsp3) is 0.478. The third kappa shape index (κ3) is 5.59. The van der Waals surface area contributed by atoms with E-state index in [1.54, 1.807) is 0 Å². The van der Waals surface area contributed by atoms with Gasteiger partial charge in [-0.1, -0.05) is 59.6 Å². The van der Waals surface area contributed by atoms with Gasteiger partial charge in [-0.2, -0.15) is 0 Å². The minimum atomic E-state index is 1.06. The number of piperazine rings is 1. The zero-order chi connectivity index (χ0) is 20.5. The Labute approximate surface area is 186 Å². The van der Waals surface area contributed by atoms with E-state index in [2.05, 4.69) is 83.0 Å². The molecule has 0 spiro atoms. The van der Waals surface area contributed by atoms with Gasteiger partial charge in [-0.15, -0.1) is 0 Å². The van der Waals surface area contributed by atoms with Crippen LogP contribution in [0, 0.1) is 0 Å². The average molecular weight is 511 g/mol. The summed E-state index contributed by atoms with van der Waals surface area (Å²) in [6.45, 7) is 14.8. The molecule has 154 valence electrons. The van der Waals surface area contributed by atoms with Crippen molar-refractivity contribution in [1.29, 1.82) is 0 Å². The molecule has 1 aliphatic heterocycles. The van der Waals surface area contributed by atoms with E-state index in [0.717, 1.165) is 28.6 Å². The SMILES string of the molecule is Brc1ccc2c(c1)c1cc(Br)ccc1n2CCCN1CCNCC1.CC.CC. The fourth-order valence-corrected chi connectivity index (χ4v) is 4.40. The van der Waals surface area contributed by atoms with Gasteiger partial charge in [0.2, 0.25) is 0 Å². The first-order valence-corrected chi connectivity index (χ1v) is 12.1. The molecule has 3 nitrogen and oxygen atoms in total. The highest BCUT2D eigenvalue weighted by Crippen LogP contribution is 2.33. The minimum absolute atomic E-state index is 1.06. The number of rotatable bonds is 4. The first-order valence-electron chi connectivity index (χ1n) is 10.5. The number of nitrogens with zero attached hydrogens (tertiary/aromatic N) is 2. The van der Waals surface area contributed by atoms with Crippen molar-refractivity contribution in [3.8, 4) is 0 Å². The van der Waals surface area contributed by atoms with Crippen molar-refractivity contribution in [2.45, 2.75) is 40.7 Å². The van der Waals surface area contributed by atoms with Crippen molar-refractivity contribution >= 4 is 53.7 Å². The summed E-state index contributed by atoms with van der Waals surface area (Å²) in [7, 11) is 0. The number of aryl methyl sites for hydroxylation is 1. The van der Waals surface area contributed by atoms with Crippen LogP contribution in [0.1, 0.15) is 34.1 Å².